The maximum absolute atomic E-state index is 5.01. The first-order valence-electron chi connectivity index (χ1n) is 9.33. The normalized spacial score (nSPS) is 14.9. The molecule has 2 fully saturated rings. The standard InChI is InChI=1S/C5H11N.C4H4N2.C4H9NO.C3H3NO.C3H3NS/c1-2-4-6-5-3-1;1-2-6-4-3-5-1;1-3-6-4-2-5-1;2*1-2-5-3-4-1/h6H,1-5H2;1-4H;5H,1-4H2;2*1-3H. The number of rotatable bonds is 0. The number of nitrogens with zero attached hydrogens (tertiary/aromatic N) is 4. The number of morpholine rings is 1. The molecular weight excluding hydrogens is 376 g/mol. The maximum Gasteiger partial charge on any atom is 0.180 e. The van der Waals surface area contributed by atoms with Gasteiger partial charge in [0.25, 0.3) is 0 Å². The van der Waals surface area contributed by atoms with Crippen LogP contribution in [-0.4, -0.2) is 59.3 Å². The molecule has 0 aliphatic carbocycles. The summed E-state index contributed by atoms with van der Waals surface area (Å²) in [6, 6.07) is 0. The van der Waals surface area contributed by atoms with E-state index in [-0.39, 0.29) is 0 Å². The highest BCUT2D eigenvalue weighted by molar-refractivity contribution is 7.07. The number of hydrogen-bond donors (Lipinski definition) is 2. The largest absolute Gasteiger partial charge is 0.452 e. The summed E-state index contributed by atoms with van der Waals surface area (Å²) in [6.07, 6.45) is 17.0. The molecular formula is C19H30N6O2S. The van der Waals surface area contributed by atoms with Gasteiger partial charge in [0.2, 0.25) is 0 Å². The lowest BCUT2D eigenvalue weighted by Gasteiger charge is -2.10. The monoisotopic (exact) mass is 406 g/mol. The molecule has 2 saturated heterocycles. The van der Waals surface area contributed by atoms with Gasteiger partial charge in [-0.05, 0) is 25.9 Å². The van der Waals surface area contributed by atoms with Gasteiger partial charge in [0, 0.05) is 49.5 Å². The zero-order chi connectivity index (χ0) is 19.8. The molecule has 3 aromatic heterocycles. The lowest BCUT2D eigenvalue weighted by atomic mass is 10.2. The summed E-state index contributed by atoms with van der Waals surface area (Å²) < 4.78 is 9.48. The molecule has 28 heavy (non-hydrogen) atoms. The summed E-state index contributed by atoms with van der Waals surface area (Å²) >= 11 is 1.60. The first-order valence-corrected chi connectivity index (χ1v) is 10.3. The maximum atomic E-state index is 5.01. The van der Waals surface area contributed by atoms with Crippen LogP contribution in [0.2, 0.25) is 0 Å². The van der Waals surface area contributed by atoms with Crippen LogP contribution in [-0.2, 0) is 4.74 Å². The van der Waals surface area contributed by atoms with Crippen molar-refractivity contribution in [3.63, 3.8) is 0 Å². The van der Waals surface area contributed by atoms with E-state index in [0.29, 0.717) is 0 Å². The highest BCUT2D eigenvalue weighted by Gasteiger charge is 1.94. The van der Waals surface area contributed by atoms with E-state index in [1.54, 1.807) is 54.0 Å². The second-order valence-corrected chi connectivity index (χ2v) is 6.17. The second-order valence-electron chi connectivity index (χ2n) is 5.42. The van der Waals surface area contributed by atoms with Crippen molar-refractivity contribution in [2.75, 3.05) is 39.4 Å². The summed E-state index contributed by atoms with van der Waals surface area (Å²) in [5.74, 6) is 0. The third-order valence-corrected chi connectivity index (χ3v) is 3.75. The Bertz CT molecular complexity index is 453. The van der Waals surface area contributed by atoms with Crippen LogP contribution in [0.25, 0.3) is 0 Å². The van der Waals surface area contributed by atoms with Crippen LogP contribution < -0.4 is 10.6 Å². The first kappa shape index (κ1) is 23.8. The average Bonchev–Trinajstić information content (AvgIpc) is 3.58. The van der Waals surface area contributed by atoms with E-state index in [4.69, 9.17) is 4.74 Å². The minimum Gasteiger partial charge on any atom is -0.452 e. The predicted molar refractivity (Wildman–Crippen MR) is 111 cm³/mol. The number of aromatic nitrogens is 4. The smallest absolute Gasteiger partial charge is 0.180 e. The topological polar surface area (TPSA) is 98.0 Å². The number of hydrogen-bond acceptors (Lipinski definition) is 9. The van der Waals surface area contributed by atoms with Crippen molar-refractivity contribution in [3.05, 3.63) is 60.7 Å². The molecule has 5 heterocycles. The van der Waals surface area contributed by atoms with Crippen LogP contribution in [0.5, 0.6) is 0 Å². The Morgan fingerprint density at radius 3 is 1.54 bits per heavy atom. The first-order chi connectivity index (χ1) is 14.0. The molecule has 0 unspecified atom stereocenters. The van der Waals surface area contributed by atoms with Crippen LogP contribution in [0.1, 0.15) is 19.3 Å². The minimum atomic E-state index is 0.889. The predicted octanol–water partition coefficient (Wildman–Crippen LogP) is 2.66. The Hall–Kier alpha value is -2.20. The highest BCUT2D eigenvalue weighted by atomic mass is 32.1. The average molecular weight is 407 g/mol. The molecule has 2 aliphatic heterocycles. The SMILES string of the molecule is C1CCNCC1.C1COCCN1.c1cnccn1.c1cocn1.c1cscn1. The minimum absolute atomic E-state index is 0.889. The van der Waals surface area contributed by atoms with Gasteiger partial charge >= 0.3 is 0 Å². The molecule has 0 atom stereocenters. The third-order valence-electron chi connectivity index (χ3n) is 3.23. The zero-order valence-corrected chi connectivity index (χ0v) is 17.0. The third kappa shape index (κ3) is 18.6. The van der Waals surface area contributed by atoms with Gasteiger partial charge < -0.3 is 19.8 Å². The fourth-order valence-corrected chi connectivity index (χ4v) is 2.27. The lowest BCUT2D eigenvalue weighted by molar-refractivity contribution is 0.109. The van der Waals surface area contributed by atoms with Crippen molar-refractivity contribution in [1.82, 2.24) is 30.6 Å². The van der Waals surface area contributed by atoms with Crippen LogP contribution in [0.4, 0.5) is 0 Å². The number of ether oxygens (including phenoxy) is 1. The molecule has 8 nitrogen and oxygen atoms in total. The van der Waals surface area contributed by atoms with Gasteiger partial charge in [0.1, 0.15) is 6.26 Å². The molecule has 0 saturated carbocycles. The van der Waals surface area contributed by atoms with Gasteiger partial charge in [0.15, 0.2) is 6.39 Å². The Morgan fingerprint density at radius 1 is 0.679 bits per heavy atom. The van der Waals surface area contributed by atoms with Crippen LogP contribution in [0.15, 0.2) is 65.1 Å². The number of thiazole rings is 1. The Labute approximate surface area is 170 Å². The number of piperidine rings is 1. The summed E-state index contributed by atoms with van der Waals surface area (Å²) in [5, 5.41) is 8.38. The van der Waals surface area contributed by atoms with E-state index in [1.807, 2.05) is 5.38 Å². The van der Waals surface area contributed by atoms with E-state index in [1.165, 1.54) is 45.0 Å². The van der Waals surface area contributed by atoms with Crippen molar-refractivity contribution in [3.8, 4) is 0 Å². The molecule has 2 aliphatic rings. The molecule has 154 valence electrons. The fourth-order valence-electron chi connectivity index (χ4n) is 1.92. The van der Waals surface area contributed by atoms with E-state index in [2.05, 4.69) is 35.0 Å². The Morgan fingerprint density at radius 2 is 1.36 bits per heavy atom. The fraction of sp³-hybridized carbons (Fsp3) is 0.474. The molecule has 5 rings (SSSR count). The Balaban J connectivity index is 0.000000175. The van der Waals surface area contributed by atoms with Crippen molar-refractivity contribution in [2.24, 2.45) is 0 Å². The number of oxazole rings is 1. The van der Waals surface area contributed by atoms with Gasteiger partial charge in [-0.2, -0.15) is 0 Å². The molecule has 0 aromatic carbocycles. The van der Waals surface area contributed by atoms with Crippen LogP contribution >= 0.6 is 11.3 Å². The van der Waals surface area contributed by atoms with Crippen molar-refractivity contribution in [1.29, 1.82) is 0 Å². The van der Waals surface area contributed by atoms with Gasteiger partial charge in [0.05, 0.1) is 24.9 Å². The highest BCUT2D eigenvalue weighted by Crippen LogP contribution is 1.96. The molecule has 0 amide bonds. The van der Waals surface area contributed by atoms with Crippen molar-refractivity contribution < 1.29 is 9.15 Å². The van der Waals surface area contributed by atoms with Crippen LogP contribution in [0, 0.1) is 0 Å². The molecule has 0 bridgehead atoms. The zero-order valence-electron chi connectivity index (χ0n) is 16.2. The van der Waals surface area contributed by atoms with E-state index < -0.39 is 0 Å². The van der Waals surface area contributed by atoms with E-state index in [0.717, 1.165) is 26.3 Å². The summed E-state index contributed by atoms with van der Waals surface area (Å²) in [6.45, 7) is 6.33. The van der Waals surface area contributed by atoms with Gasteiger partial charge in [-0.15, -0.1) is 11.3 Å². The van der Waals surface area contributed by atoms with Crippen molar-refractivity contribution in [2.45, 2.75) is 19.3 Å². The van der Waals surface area contributed by atoms with Gasteiger partial charge in [-0.1, -0.05) is 6.42 Å². The van der Waals surface area contributed by atoms with Crippen molar-refractivity contribution >= 4 is 11.3 Å². The lowest BCUT2D eigenvalue weighted by Crippen LogP contribution is -2.30. The summed E-state index contributed by atoms with van der Waals surface area (Å²) in [4.78, 5) is 14.7. The molecule has 2 N–H and O–H groups in total. The van der Waals surface area contributed by atoms with Crippen LogP contribution in [0.3, 0.4) is 0 Å². The van der Waals surface area contributed by atoms with Gasteiger partial charge in [-0.3, -0.25) is 15.0 Å². The quantitative estimate of drug-likeness (QED) is 0.588. The molecule has 9 heteroatoms. The van der Waals surface area contributed by atoms with Gasteiger partial charge in [-0.25, -0.2) is 4.98 Å². The summed E-state index contributed by atoms with van der Waals surface area (Å²) in [5.41, 5.74) is 1.79. The summed E-state index contributed by atoms with van der Waals surface area (Å²) in [7, 11) is 0. The molecule has 0 radical (unpaired) electrons. The number of nitrogens with one attached hydrogen (secondary N) is 2. The van der Waals surface area contributed by atoms with E-state index in [9.17, 15) is 0 Å². The second kappa shape index (κ2) is 21.1. The van der Waals surface area contributed by atoms with E-state index >= 15 is 0 Å². The molecule has 3 aromatic rings. The Kier molecular flexibility index (Phi) is 18.0. The molecule has 0 spiro atoms.